The number of hydrogen-bond acceptors (Lipinski definition) is 5. The van der Waals surface area contributed by atoms with Gasteiger partial charge in [0.2, 0.25) is 0 Å². The van der Waals surface area contributed by atoms with Gasteiger partial charge in [0.05, 0.1) is 6.61 Å². The molecule has 5 nitrogen and oxygen atoms in total. The Hall–Kier alpha value is -1.00. The van der Waals surface area contributed by atoms with Gasteiger partial charge in [0, 0.05) is 0 Å². The first-order valence-electron chi connectivity index (χ1n) is 4.71. The van der Waals surface area contributed by atoms with E-state index in [1.54, 1.807) is 37.3 Å². The summed E-state index contributed by atoms with van der Waals surface area (Å²) in [7, 11) is -2.61. The molecule has 0 saturated carbocycles. The first kappa shape index (κ1) is 13.1. The smallest absolute Gasteiger partial charge is 0.340 e. The molecule has 1 atom stereocenters. The molecule has 0 unspecified atom stereocenters. The Kier molecular flexibility index (Phi) is 5.35. The Morgan fingerprint density at radius 3 is 2.50 bits per heavy atom. The van der Waals surface area contributed by atoms with Crippen molar-refractivity contribution < 1.29 is 23.8 Å². The van der Waals surface area contributed by atoms with Crippen molar-refractivity contribution in [1.82, 2.24) is 0 Å². The van der Waals surface area contributed by atoms with Crippen LogP contribution in [0.1, 0.15) is 18.6 Å². The fraction of sp³-hybridized carbons (Fsp3) is 0.300. The second kappa shape index (κ2) is 6.55. The molecule has 0 amide bonds. The van der Waals surface area contributed by atoms with Crippen molar-refractivity contribution >= 4 is 14.6 Å². The lowest BCUT2D eigenvalue weighted by atomic mass is 10.1. The summed E-state index contributed by atoms with van der Waals surface area (Å²) in [5, 5.41) is 0. The summed E-state index contributed by atoms with van der Waals surface area (Å²) >= 11 is 0. The zero-order chi connectivity index (χ0) is 12.0. The number of esters is 1. The highest BCUT2D eigenvalue weighted by molar-refractivity contribution is 7.39. The summed E-state index contributed by atoms with van der Waals surface area (Å²) in [5.74, 6) is -0.635. The van der Waals surface area contributed by atoms with Gasteiger partial charge in [-0.2, -0.15) is 0 Å². The molecule has 0 aliphatic rings. The van der Waals surface area contributed by atoms with Gasteiger partial charge in [0.15, 0.2) is 6.10 Å². The molecule has 0 heterocycles. The van der Waals surface area contributed by atoms with E-state index in [0.717, 1.165) is 0 Å². The Morgan fingerprint density at radius 2 is 2.00 bits per heavy atom. The molecular weight excluding hydrogens is 231 g/mol. The maximum Gasteiger partial charge on any atom is 0.340 e. The highest BCUT2D eigenvalue weighted by Gasteiger charge is 2.25. The monoisotopic (exact) mass is 244 g/mol. The Morgan fingerprint density at radius 1 is 1.38 bits per heavy atom. The first-order chi connectivity index (χ1) is 7.65. The van der Waals surface area contributed by atoms with Crippen molar-refractivity contribution in [3.8, 4) is 0 Å². The molecule has 0 aliphatic heterocycles. The summed E-state index contributed by atoms with van der Waals surface area (Å²) in [4.78, 5) is 29.1. The van der Waals surface area contributed by atoms with Gasteiger partial charge >= 0.3 is 14.6 Å². The van der Waals surface area contributed by atoms with Crippen LogP contribution in [-0.4, -0.2) is 22.4 Å². The van der Waals surface area contributed by atoms with Gasteiger partial charge in [-0.05, 0) is 12.5 Å². The zero-order valence-corrected chi connectivity index (χ0v) is 9.63. The molecule has 0 fully saturated rings. The van der Waals surface area contributed by atoms with E-state index in [1.807, 2.05) is 0 Å². The van der Waals surface area contributed by atoms with Crippen LogP contribution in [0.3, 0.4) is 0 Å². The van der Waals surface area contributed by atoms with Crippen molar-refractivity contribution in [3.05, 3.63) is 35.9 Å². The lowest BCUT2D eigenvalue weighted by molar-refractivity contribution is -0.152. The van der Waals surface area contributed by atoms with Crippen LogP contribution in [0.2, 0.25) is 0 Å². The molecule has 88 valence electrons. The average Bonchev–Trinajstić information content (AvgIpc) is 2.27. The molecule has 0 aromatic heterocycles. The molecule has 0 spiro atoms. The second-order valence-corrected chi connectivity index (χ2v) is 3.62. The molecule has 0 aliphatic carbocycles. The highest BCUT2D eigenvalue weighted by Crippen LogP contribution is 2.34. The van der Waals surface area contributed by atoms with Crippen LogP contribution in [0, 0.1) is 0 Å². The predicted octanol–water partition coefficient (Wildman–Crippen LogP) is 1.52. The minimum absolute atomic E-state index is 0.209. The fourth-order valence-corrected chi connectivity index (χ4v) is 1.58. The van der Waals surface area contributed by atoms with E-state index < -0.39 is 20.7 Å². The average molecular weight is 244 g/mol. The molecule has 0 saturated heterocycles. The van der Waals surface area contributed by atoms with E-state index in [0.29, 0.717) is 5.56 Å². The Balaban J connectivity index is 2.83. The van der Waals surface area contributed by atoms with Gasteiger partial charge < -0.3 is 14.5 Å². The van der Waals surface area contributed by atoms with Gasteiger partial charge in [0.25, 0.3) is 0 Å². The van der Waals surface area contributed by atoms with Crippen molar-refractivity contribution in [3.63, 3.8) is 0 Å². The summed E-state index contributed by atoms with van der Waals surface area (Å²) in [6, 6.07) is 8.54. The predicted molar refractivity (Wildman–Crippen MR) is 58.3 cm³/mol. The number of hydrogen-bond donors (Lipinski definition) is 2. The van der Waals surface area contributed by atoms with Gasteiger partial charge in [-0.25, -0.2) is 4.79 Å². The number of carbonyl (C=O) groups excluding carboxylic acids is 1. The molecule has 1 rings (SSSR count). The lowest BCUT2D eigenvalue weighted by Crippen LogP contribution is -2.17. The molecule has 1 aromatic carbocycles. The largest absolute Gasteiger partial charge is 0.464 e. The molecular formula is C10H13O5P. The van der Waals surface area contributed by atoms with Gasteiger partial charge in [-0.15, -0.1) is 0 Å². The first-order valence-corrected chi connectivity index (χ1v) is 5.88. The van der Waals surface area contributed by atoms with Gasteiger partial charge in [-0.1, -0.05) is 30.3 Å². The van der Waals surface area contributed by atoms with Crippen LogP contribution >= 0.6 is 8.60 Å². The molecule has 2 N–H and O–H groups in total. The van der Waals surface area contributed by atoms with Crippen LogP contribution in [0.5, 0.6) is 0 Å². The standard InChI is InChI=1S/C10H13O5P/c1-2-14-10(11)9(15-16(12)13)8-6-4-3-5-7-8/h3-7,9,12-13H,2H2,1H3/t9-/m0/s1. The van der Waals surface area contributed by atoms with E-state index >= 15 is 0 Å². The zero-order valence-electron chi connectivity index (χ0n) is 8.74. The summed E-state index contributed by atoms with van der Waals surface area (Å²) in [6.07, 6.45) is -1.10. The third-order valence-electron chi connectivity index (χ3n) is 1.80. The van der Waals surface area contributed by atoms with Gasteiger partial charge in [0.1, 0.15) is 0 Å². The normalized spacial score (nSPS) is 12.5. The number of benzene rings is 1. The van der Waals surface area contributed by atoms with Crippen LogP contribution in [0.15, 0.2) is 30.3 Å². The van der Waals surface area contributed by atoms with Crippen molar-refractivity contribution in [2.24, 2.45) is 0 Å². The summed E-state index contributed by atoms with van der Waals surface area (Å²) < 4.78 is 9.54. The van der Waals surface area contributed by atoms with E-state index in [-0.39, 0.29) is 6.61 Å². The molecule has 6 heteroatoms. The minimum Gasteiger partial charge on any atom is -0.464 e. The van der Waals surface area contributed by atoms with Crippen molar-refractivity contribution in [2.75, 3.05) is 6.61 Å². The highest BCUT2D eigenvalue weighted by atomic mass is 31.2. The quantitative estimate of drug-likeness (QED) is 0.606. The van der Waals surface area contributed by atoms with Crippen molar-refractivity contribution in [1.29, 1.82) is 0 Å². The Labute approximate surface area is 94.6 Å². The fourth-order valence-electron chi connectivity index (χ4n) is 1.18. The maximum absolute atomic E-state index is 11.5. The third-order valence-corrected chi connectivity index (χ3v) is 2.20. The summed E-state index contributed by atoms with van der Waals surface area (Å²) in [5.41, 5.74) is 0.525. The number of carbonyl (C=O) groups is 1. The van der Waals surface area contributed by atoms with Crippen LogP contribution < -0.4 is 0 Å². The molecule has 16 heavy (non-hydrogen) atoms. The minimum atomic E-state index is -2.61. The van der Waals surface area contributed by atoms with E-state index in [4.69, 9.17) is 19.0 Å². The maximum atomic E-state index is 11.5. The Bertz CT molecular complexity index is 327. The SMILES string of the molecule is CCOC(=O)[C@@H](OP(O)O)c1ccccc1. The molecule has 1 aromatic rings. The van der Waals surface area contributed by atoms with Gasteiger partial charge in [-0.3, -0.25) is 4.52 Å². The topological polar surface area (TPSA) is 76.0 Å². The number of rotatable bonds is 5. The second-order valence-electron chi connectivity index (χ2n) is 2.90. The third kappa shape index (κ3) is 3.87. The number of ether oxygens (including phenoxy) is 1. The van der Waals surface area contributed by atoms with E-state index in [2.05, 4.69) is 0 Å². The molecule has 0 bridgehead atoms. The van der Waals surface area contributed by atoms with Crippen LogP contribution in [-0.2, 0) is 14.1 Å². The van der Waals surface area contributed by atoms with Crippen molar-refractivity contribution in [2.45, 2.75) is 13.0 Å². The summed E-state index contributed by atoms with van der Waals surface area (Å²) in [6.45, 7) is 1.88. The van der Waals surface area contributed by atoms with E-state index in [1.165, 1.54) is 0 Å². The lowest BCUT2D eigenvalue weighted by Gasteiger charge is -2.16. The van der Waals surface area contributed by atoms with E-state index in [9.17, 15) is 4.79 Å². The molecule has 0 radical (unpaired) electrons. The van der Waals surface area contributed by atoms with Crippen LogP contribution in [0.4, 0.5) is 0 Å². The van der Waals surface area contributed by atoms with Crippen LogP contribution in [0.25, 0.3) is 0 Å².